The predicted octanol–water partition coefficient (Wildman–Crippen LogP) is 5.49. The molecule has 0 spiro atoms. The molecule has 0 aliphatic rings. The van der Waals surface area contributed by atoms with E-state index in [-0.39, 0.29) is 11.7 Å². The molecule has 0 fully saturated rings. The number of nitrogens with one attached hydrogen (secondary N) is 2. The van der Waals surface area contributed by atoms with E-state index in [9.17, 15) is 14.9 Å². The van der Waals surface area contributed by atoms with Crippen molar-refractivity contribution in [2.75, 3.05) is 18.5 Å². The highest BCUT2D eigenvalue weighted by atomic mass is 16.6. The molecule has 0 atom stereocenters. The minimum atomic E-state index is -0.465. The average molecular weight is 401 g/mol. The van der Waals surface area contributed by atoms with Gasteiger partial charge in [0.25, 0.3) is 5.69 Å². The van der Waals surface area contributed by atoms with Crippen LogP contribution in [0.25, 0.3) is 0 Å². The number of nitro benzene ring substituents is 1. The Morgan fingerprint density at radius 3 is 2.45 bits per heavy atom. The third kappa shape index (κ3) is 7.33. The number of nitro groups is 1. The second-order valence-electron chi connectivity index (χ2n) is 6.45. The van der Waals surface area contributed by atoms with E-state index in [1.165, 1.54) is 24.3 Å². The lowest BCUT2D eigenvalue weighted by molar-refractivity contribution is -0.384. The van der Waals surface area contributed by atoms with Crippen LogP contribution in [0.5, 0.6) is 17.2 Å². The standard InChI is InChI=1S/C21H27N3O5/c1-3-5-6-13-22-21(25)23-16-7-12-19(20(15-16)28-14-4-2)29-18-10-8-17(9-11-18)24(26)27/h7-12,15H,3-6,13-14H2,1-2H3,(H2,22,23,25). The number of hydrogen-bond donors (Lipinski definition) is 2. The fourth-order valence-electron chi connectivity index (χ4n) is 2.51. The van der Waals surface area contributed by atoms with Gasteiger partial charge in [-0.2, -0.15) is 0 Å². The number of urea groups is 1. The number of benzene rings is 2. The van der Waals surface area contributed by atoms with Crippen molar-refractivity contribution in [2.24, 2.45) is 0 Å². The average Bonchev–Trinajstić information content (AvgIpc) is 2.71. The Balaban J connectivity index is 2.07. The van der Waals surface area contributed by atoms with Crippen LogP contribution >= 0.6 is 0 Å². The minimum absolute atomic E-state index is 0.00990. The number of non-ortho nitro benzene ring substituents is 1. The Labute approximate surface area is 170 Å². The molecule has 8 heteroatoms. The first kappa shape index (κ1) is 22.0. The minimum Gasteiger partial charge on any atom is -0.490 e. The molecule has 0 saturated heterocycles. The molecule has 0 aromatic heterocycles. The van der Waals surface area contributed by atoms with Gasteiger partial charge in [-0.3, -0.25) is 10.1 Å². The maximum atomic E-state index is 12.0. The lowest BCUT2D eigenvalue weighted by Crippen LogP contribution is -2.29. The normalized spacial score (nSPS) is 10.3. The smallest absolute Gasteiger partial charge is 0.319 e. The molecule has 0 aliphatic heterocycles. The summed E-state index contributed by atoms with van der Waals surface area (Å²) >= 11 is 0. The van der Waals surface area contributed by atoms with Gasteiger partial charge in [-0.05, 0) is 37.1 Å². The molecule has 2 N–H and O–H groups in total. The van der Waals surface area contributed by atoms with Crippen molar-refractivity contribution < 1.29 is 19.2 Å². The van der Waals surface area contributed by atoms with Crippen LogP contribution in [0.4, 0.5) is 16.2 Å². The number of unbranched alkanes of at least 4 members (excludes halogenated alkanes) is 2. The fraction of sp³-hybridized carbons (Fsp3) is 0.381. The maximum absolute atomic E-state index is 12.0. The zero-order valence-corrected chi connectivity index (χ0v) is 16.8. The summed E-state index contributed by atoms with van der Waals surface area (Å²) in [5, 5.41) is 16.4. The molecule has 0 heterocycles. The van der Waals surface area contributed by atoms with Crippen LogP contribution in [0.3, 0.4) is 0 Å². The van der Waals surface area contributed by atoms with Crippen LogP contribution in [0.15, 0.2) is 42.5 Å². The fourth-order valence-corrected chi connectivity index (χ4v) is 2.51. The number of nitrogens with zero attached hydrogens (tertiary/aromatic N) is 1. The van der Waals surface area contributed by atoms with E-state index in [0.29, 0.717) is 36.1 Å². The third-order valence-electron chi connectivity index (χ3n) is 4.00. The van der Waals surface area contributed by atoms with Crippen molar-refractivity contribution in [1.82, 2.24) is 5.32 Å². The molecule has 0 bridgehead atoms. The van der Waals surface area contributed by atoms with Crippen molar-refractivity contribution >= 4 is 17.4 Å². The predicted molar refractivity (Wildman–Crippen MR) is 112 cm³/mol. The molecule has 29 heavy (non-hydrogen) atoms. The molecule has 0 unspecified atom stereocenters. The van der Waals surface area contributed by atoms with Crippen molar-refractivity contribution in [3.8, 4) is 17.2 Å². The van der Waals surface area contributed by atoms with Crippen molar-refractivity contribution in [1.29, 1.82) is 0 Å². The van der Waals surface area contributed by atoms with Crippen LogP contribution in [0, 0.1) is 10.1 Å². The summed E-state index contributed by atoms with van der Waals surface area (Å²) in [4.78, 5) is 22.3. The van der Waals surface area contributed by atoms with Crippen LogP contribution in [-0.4, -0.2) is 24.1 Å². The first-order valence-electron chi connectivity index (χ1n) is 9.77. The summed E-state index contributed by atoms with van der Waals surface area (Å²) in [5.41, 5.74) is 0.574. The summed E-state index contributed by atoms with van der Waals surface area (Å²) in [7, 11) is 0. The highest BCUT2D eigenvalue weighted by Crippen LogP contribution is 2.34. The Bertz CT molecular complexity index is 808. The summed E-state index contributed by atoms with van der Waals surface area (Å²) in [6, 6.07) is 10.6. The van der Waals surface area contributed by atoms with E-state index < -0.39 is 4.92 Å². The van der Waals surface area contributed by atoms with Crippen LogP contribution in [-0.2, 0) is 0 Å². The highest BCUT2D eigenvalue weighted by Gasteiger charge is 2.11. The Kier molecular flexibility index (Phi) is 8.75. The molecular formula is C21H27N3O5. The van der Waals surface area contributed by atoms with Crippen LogP contribution in [0.1, 0.15) is 39.5 Å². The van der Waals surface area contributed by atoms with Crippen LogP contribution in [0.2, 0.25) is 0 Å². The van der Waals surface area contributed by atoms with Gasteiger partial charge in [0.2, 0.25) is 0 Å². The molecule has 0 saturated carbocycles. The number of rotatable bonds is 11. The van der Waals surface area contributed by atoms with E-state index in [1.54, 1.807) is 18.2 Å². The first-order chi connectivity index (χ1) is 14.0. The van der Waals surface area contributed by atoms with Crippen molar-refractivity contribution in [3.63, 3.8) is 0 Å². The topological polar surface area (TPSA) is 103 Å². The van der Waals surface area contributed by atoms with Gasteiger partial charge in [0, 0.05) is 30.4 Å². The third-order valence-corrected chi connectivity index (χ3v) is 4.00. The summed E-state index contributed by atoms with van der Waals surface area (Å²) in [6.07, 6.45) is 3.92. The van der Waals surface area contributed by atoms with Gasteiger partial charge in [0.15, 0.2) is 11.5 Å². The van der Waals surface area contributed by atoms with Crippen molar-refractivity contribution in [2.45, 2.75) is 39.5 Å². The summed E-state index contributed by atoms with van der Waals surface area (Å²) in [6.45, 7) is 5.21. The summed E-state index contributed by atoms with van der Waals surface area (Å²) in [5.74, 6) is 1.39. The van der Waals surface area contributed by atoms with Gasteiger partial charge >= 0.3 is 6.03 Å². The molecule has 2 rings (SSSR count). The van der Waals surface area contributed by atoms with Gasteiger partial charge in [-0.15, -0.1) is 0 Å². The van der Waals surface area contributed by atoms with E-state index >= 15 is 0 Å². The van der Waals surface area contributed by atoms with Crippen molar-refractivity contribution in [3.05, 3.63) is 52.6 Å². The monoisotopic (exact) mass is 401 g/mol. The van der Waals surface area contributed by atoms with E-state index in [4.69, 9.17) is 9.47 Å². The number of ether oxygens (including phenoxy) is 2. The molecule has 2 amide bonds. The molecule has 0 aliphatic carbocycles. The number of anilines is 1. The Morgan fingerprint density at radius 2 is 1.79 bits per heavy atom. The zero-order chi connectivity index (χ0) is 21.1. The molecule has 0 radical (unpaired) electrons. The van der Waals surface area contributed by atoms with Gasteiger partial charge in [-0.25, -0.2) is 4.79 Å². The second kappa shape index (κ2) is 11.5. The van der Waals surface area contributed by atoms with E-state index in [2.05, 4.69) is 17.6 Å². The van der Waals surface area contributed by atoms with Gasteiger partial charge in [-0.1, -0.05) is 26.7 Å². The van der Waals surface area contributed by atoms with Gasteiger partial charge < -0.3 is 20.1 Å². The molecule has 8 nitrogen and oxygen atoms in total. The van der Waals surface area contributed by atoms with E-state index in [1.807, 2.05) is 6.92 Å². The zero-order valence-electron chi connectivity index (χ0n) is 16.8. The van der Waals surface area contributed by atoms with Gasteiger partial charge in [0.1, 0.15) is 5.75 Å². The number of amides is 2. The van der Waals surface area contributed by atoms with E-state index in [0.717, 1.165) is 25.7 Å². The van der Waals surface area contributed by atoms with Gasteiger partial charge in [0.05, 0.1) is 11.5 Å². The molecule has 156 valence electrons. The molecule has 2 aromatic carbocycles. The lowest BCUT2D eigenvalue weighted by atomic mass is 10.2. The molecular weight excluding hydrogens is 374 g/mol. The Hall–Kier alpha value is -3.29. The number of hydrogen-bond acceptors (Lipinski definition) is 5. The van der Waals surface area contributed by atoms with Crippen LogP contribution < -0.4 is 20.1 Å². The lowest BCUT2D eigenvalue weighted by Gasteiger charge is -2.14. The quantitative estimate of drug-likeness (QED) is 0.294. The molecule has 2 aromatic rings. The summed E-state index contributed by atoms with van der Waals surface area (Å²) < 4.78 is 11.6. The Morgan fingerprint density at radius 1 is 1.03 bits per heavy atom. The highest BCUT2D eigenvalue weighted by molar-refractivity contribution is 5.89. The SMILES string of the molecule is CCCCCNC(=O)Nc1ccc(Oc2ccc([N+](=O)[O-])cc2)c(OCCC)c1. The second-order valence-corrected chi connectivity index (χ2v) is 6.45. The number of carbonyl (C=O) groups is 1. The number of carbonyl (C=O) groups excluding carboxylic acids is 1. The maximum Gasteiger partial charge on any atom is 0.319 e. The first-order valence-corrected chi connectivity index (χ1v) is 9.77. The largest absolute Gasteiger partial charge is 0.490 e.